The van der Waals surface area contributed by atoms with Gasteiger partial charge in [0.05, 0.1) is 25.2 Å². The predicted octanol–water partition coefficient (Wildman–Crippen LogP) is 3.40. The van der Waals surface area contributed by atoms with Crippen molar-refractivity contribution in [3.05, 3.63) is 58.9 Å². The minimum absolute atomic E-state index is 0.106. The fraction of sp³-hybridized carbons (Fsp3) is 0.450. The van der Waals surface area contributed by atoms with E-state index in [2.05, 4.69) is 48.7 Å². The Morgan fingerprint density at radius 2 is 2.04 bits per heavy atom. The molecular formula is C20H24N2O2. The number of carbonyl (C=O) groups is 1. The Balaban J connectivity index is 1.52. The van der Waals surface area contributed by atoms with Gasteiger partial charge in [-0.3, -0.25) is 4.79 Å². The third kappa shape index (κ3) is 2.55. The zero-order valence-corrected chi connectivity index (χ0v) is 14.4. The summed E-state index contributed by atoms with van der Waals surface area (Å²) in [4.78, 5) is 14.9. The van der Waals surface area contributed by atoms with Gasteiger partial charge in [-0.1, -0.05) is 24.3 Å². The van der Waals surface area contributed by atoms with E-state index in [-0.39, 0.29) is 18.1 Å². The highest BCUT2D eigenvalue weighted by Gasteiger charge is 2.31. The molecule has 2 aliphatic rings. The molecule has 2 atom stereocenters. The smallest absolute Gasteiger partial charge is 0.226 e. The maximum Gasteiger partial charge on any atom is 0.226 e. The molecule has 1 aromatic heterocycles. The van der Waals surface area contributed by atoms with Crippen LogP contribution in [0.3, 0.4) is 0 Å². The van der Waals surface area contributed by atoms with Gasteiger partial charge in [0.15, 0.2) is 0 Å². The lowest BCUT2D eigenvalue weighted by molar-refractivity contribution is -0.138. The predicted molar refractivity (Wildman–Crippen MR) is 92.8 cm³/mol. The molecule has 126 valence electrons. The van der Waals surface area contributed by atoms with Crippen molar-refractivity contribution in [3.8, 4) is 0 Å². The molecule has 2 aliphatic heterocycles. The van der Waals surface area contributed by atoms with E-state index < -0.39 is 0 Å². The second-order valence-electron chi connectivity index (χ2n) is 6.83. The molecule has 1 aromatic carbocycles. The number of hydrogen-bond acceptors (Lipinski definition) is 2. The summed E-state index contributed by atoms with van der Waals surface area (Å²) in [6.45, 7) is 6.61. The molecule has 0 N–H and O–H groups in total. The Hall–Kier alpha value is -2.07. The van der Waals surface area contributed by atoms with Gasteiger partial charge in [0.25, 0.3) is 0 Å². The van der Waals surface area contributed by atoms with Gasteiger partial charge < -0.3 is 14.2 Å². The second-order valence-corrected chi connectivity index (χ2v) is 6.83. The van der Waals surface area contributed by atoms with Gasteiger partial charge in [0.2, 0.25) is 5.91 Å². The average molecular weight is 324 g/mol. The Morgan fingerprint density at radius 3 is 2.92 bits per heavy atom. The molecule has 0 spiro atoms. The summed E-state index contributed by atoms with van der Waals surface area (Å²) in [7, 11) is 0. The first-order valence-electron chi connectivity index (χ1n) is 8.80. The van der Waals surface area contributed by atoms with E-state index in [1.54, 1.807) is 0 Å². The first-order chi connectivity index (χ1) is 11.6. The van der Waals surface area contributed by atoms with Crippen LogP contribution >= 0.6 is 0 Å². The number of carbonyl (C=O) groups excluding carboxylic acids is 1. The van der Waals surface area contributed by atoms with Crippen LogP contribution < -0.4 is 0 Å². The van der Waals surface area contributed by atoms with Crippen LogP contribution in [-0.2, 0) is 22.5 Å². The van der Waals surface area contributed by atoms with E-state index in [1.165, 1.54) is 22.5 Å². The van der Waals surface area contributed by atoms with Crippen molar-refractivity contribution < 1.29 is 9.53 Å². The number of hydrogen-bond donors (Lipinski definition) is 0. The van der Waals surface area contributed by atoms with Crippen LogP contribution in [0.15, 0.2) is 36.4 Å². The molecule has 0 aliphatic carbocycles. The zero-order chi connectivity index (χ0) is 16.7. The standard InChI is InChI=1S/C20H24N2O2/c1-14-7-8-18-15(2)22(11-10-21(14)18)20(23)13-19-17-6-4-3-5-16(17)9-12-24-19/h3-8,15,19H,9-13H2,1-2H3/t15-,19+/m0/s1. The highest BCUT2D eigenvalue weighted by Crippen LogP contribution is 2.33. The van der Waals surface area contributed by atoms with E-state index in [1.807, 2.05) is 11.0 Å². The molecule has 0 saturated heterocycles. The van der Waals surface area contributed by atoms with Crippen molar-refractivity contribution in [2.24, 2.45) is 0 Å². The lowest BCUT2D eigenvalue weighted by atomic mass is 9.95. The van der Waals surface area contributed by atoms with E-state index in [9.17, 15) is 4.79 Å². The van der Waals surface area contributed by atoms with Gasteiger partial charge >= 0.3 is 0 Å². The van der Waals surface area contributed by atoms with Crippen LogP contribution in [0.4, 0.5) is 0 Å². The maximum absolute atomic E-state index is 12.9. The van der Waals surface area contributed by atoms with Crippen molar-refractivity contribution in [2.75, 3.05) is 13.2 Å². The fourth-order valence-corrected chi connectivity index (χ4v) is 4.08. The lowest BCUT2D eigenvalue weighted by Crippen LogP contribution is -2.41. The average Bonchev–Trinajstić information content (AvgIpc) is 2.97. The molecule has 4 heteroatoms. The van der Waals surface area contributed by atoms with E-state index >= 15 is 0 Å². The number of amides is 1. The summed E-state index contributed by atoms with van der Waals surface area (Å²) in [5.74, 6) is 0.189. The number of aromatic nitrogens is 1. The molecule has 4 nitrogen and oxygen atoms in total. The monoisotopic (exact) mass is 324 g/mol. The van der Waals surface area contributed by atoms with Crippen LogP contribution in [0.5, 0.6) is 0 Å². The normalized spacial score (nSPS) is 22.8. The molecule has 1 amide bonds. The summed E-state index contributed by atoms with van der Waals surface area (Å²) in [5, 5.41) is 0. The third-order valence-corrected chi connectivity index (χ3v) is 5.47. The minimum atomic E-state index is -0.106. The maximum atomic E-state index is 12.9. The Labute approximate surface area is 143 Å². The number of aryl methyl sites for hydroxylation is 1. The van der Waals surface area contributed by atoms with Gasteiger partial charge in [-0.05, 0) is 43.5 Å². The minimum Gasteiger partial charge on any atom is -0.373 e. The molecule has 2 aromatic rings. The molecule has 0 bridgehead atoms. The van der Waals surface area contributed by atoms with Crippen LogP contribution in [0.2, 0.25) is 0 Å². The first kappa shape index (κ1) is 15.5. The first-order valence-corrected chi connectivity index (χ1v) is 8.80. The molecule has 3 heterocycles. The number of benzene rings is 1. The van der Waals surface area contributed by atoms with Crippen LogP contribution in [0, 0.1) is 6.92 Å². The third-order valence-electron chi connectivity index (χ3n) is 5.47. The molecule has 0 saturated carbocycles. The van der Waals surface area contributed by atoms with Gasteiger partial charge in [-0.15, -0.1) is 0 Å². The Morgan fingerprint density at radius 1 is 1.21 bits per heavy atom. The van der Waals surface area contributed by atoms with E-state index in [0.717, 1.165) is 19.5 Å². The zero-order valence-electron chi connectivity index (χ0n) is 14.4. The fourth-order valence-electron chi connectivity index (χ4n) is 4.08. The van der Waals surface area contributed by atoms with Gasteiger partial charge in [0.1, 0.15) is 0 Å². The van der Waals surface area contributed by atoms with Crippen molar-refractivity contribution in [1.82, 2.24) is 9.47 Å². The van der Waals surface area contributed by atoms with Crippen LogP contribution in [0.1, 0.15) is 48.0 Å². The van der Waals surface area contributed by atoms with E-state index in [0.29, 0.717) is 13.0 Å². The topological polar surface area (TPSA) is 34.5 Å². The Kier molecular flexibility index (Phi) is 3.93. The summed E-state index contributed by atoms with van der Waals surface area (Å²) < 4.78 is 8.24. The summed E-state index contributed by atoms with van der Waals surface area (Å²) in [6, 6.07) is 12.7. The molecule has 4 rings (SSSR count). The second kappa shape index (κ2) is 6.10. The lowest BCUT2D eigenvalue weighted by Gasteiger charge is -2.37. The van der Waals surface area contributed by atoms with E-state index in [4.69, 9.17) is 4.74 Å². The van der Waals surface area contributed by atoms with Crippen molar-refractivity contribution in [3.63, 3.8) is 0 Å². The quantitative estimate of drug-likeness (QED) is 0.848. The number of ether oxygens (including phenoxy) is 1. The molecule has 0 fully saturated rings. The number of fused-ring (bicyclic) bond motifs is 2. The largest absolute Gasteiger partial charge is 0.373 e. The summed E-state index contributed by atoms with van der Waals surface area (Å²) in [5.41, 5.74) is 5.00. The van der Waals surface area contributed by atoms with Gasteiger partial charge in [-0.25, -0.2) is 0 Å². The molecule has 24 heavy (non-hydrogen) atoms. The highest BCUT2D eigenvalue weighted by molar-refractivity contribution is 5.77. The molecule has 0 radical (unpaired) electrons. The summed E-state index contributed by atoms with van der Waals surface area (Å²) >= 11 is 0. The van der Waals surface area contributed by atoms with Gasteiger partial charge in [0, 0.05) is 24.5 Å². The highest BCUT2D eigenvalue weighted by atomic mass is 16.5. The Bertz CT molecular complexity index is 765. The number of rotatable bonds is 2. The SMILES string of the molecule is Cc1ccc2n1CCN(C(=O)C[C@H]1OCCc3ccccc31)[C@H]2C. The van der Waals surface area contributed by atoms with Gasteiger partial charge in [-0.2, -0.15) is 0 Å². The molecular weight excluding hydrogens is 300 g/mol. The van der Waals surface area contributed by atoms with Crippen LogP contribution in [0.25, 0.3) is 0 Å². The summed E-state index contributed by atoms with van der Waals surface area (Å²) in [6.07, 6.45) is 1.26. The number of nitrogens with zero attached hydrogens (tertiary/aromatic N) is 2. The van der Waals surface area contributed by atoms with Crippen molar-refractivity contribution in [2.45, 2.75) is 45.4 Å². The van der Waals surface area contributed by atoms with Crippen molar-refractivity contribution >= 4 is 5.91 Å². The van der Waals surface area contributed by atoms with Crippen molar-refractivity contribution in [1.29, 1.82) is 0 Å². The van der Waals surface area contributed by atoms with Crippen LogP contribution in [-0.4, -0.2) is 28.5 Å². The molecule has 0 unspecified atom stereocenters.